The van der Waals surface area contributed by atoms with Gasteiger partial charge in [0.2, 0.25) is 11.9 Å². The molecule has 12 heteroatoms. The zero-order chi connectivity index (χ0) is 14.3. The average molecular weight is 271 g/mol. The molecule has 1 amide bonds. The van der Waals surface area contributed by atoms with Gasteiger partial charge in [-0.2, -0.15) is 0 Å². The van der Waals surface area contributed by atoms with Crippen LogP contribution in [0.5, 0.6) is 0 Å². The van der Waals surface area contributed by atoms with Crippen LogP contribution in [0.1, 0.15) is 19.3 Å². The molecular formula is C7H13N9O3. The lowest BCUT2D eigenvalue weighted by molar-refractivity contribution is -0.485. The van der Waals surface area contributed by atoms with Gasteiger partial charge in [0.15, 0.2) is 10.9 Å². The molecule has 1 atom stereocenters. The summed E-state index contributed by atoms with van der Waals surface area (Å²) in [5.41, 5.74) is 10.9. The molecule has 0 bridgehead atoms. The average Bonchev–Trinajstić information content (AvgIpc) is 2.80. The number of aromatic amines is 1. The Morgan fingerprint density at radius 1 is 1.63 bits per heavy atom. The number of hydrogen-bond donors (Lipinski definition) is 4. The molecule has 0 spiro atoms. The number of tetrazole rings is 1. The predicted molar refractivity (Wildman–Crippen MR) is 63.3 cm³/mol. The molecule has 1 aromatic rings. The van der Waals surface area contributed by atoms with E-state index in [9.17, 15) is 14.9 Å². The number of nitrogens with two attached hydrogens (primary N) is 2. The van der Waals surface area contributed by atoms with E-state index < -0.39 is 11.1 Å². The van der Waals surface area contributed by atoms with E-state index in [-0.39, 0.29) is 24.1 Å². The summed E-state index contributed by atoms with van der Waals surface area (Å²) in [4.78, 5) is 21.5. The second kappa shape index (κ2) is 6.95. The van der Waals surface area contributed by atoms with Gasteiger partial charge in [-0.05, 0) is 23.3 Å². The Morgan fingerprint density at radius 3 is 2.95 bits per heavy atom. The van der Waals surface area contributed by atoms with Crippen LogP contribution < -0.4 is 16.8 Å². The van der Waals surface area contributed by atoms with E-state index in [2.05, 4.69) is 31.0 Å². The van der Waals surface area contributed by atoms with Gasteiger partial charge in [-0.3, -0.25) is 10.1 Å². The minimum Gasteiger partial charge on any atom is -0.381 e. The zero-order valence-electron chi connectivity index (χ0n) is 9.81. The predicted octanol–water partition coefficient (Wildman–Crippen LogP) is -1.82. The highest BCUT2D eigenvalue weighted by atomic mass is 16.7. The first-order valence-electron chi connectivity index (χ1n) is 5.26. The minimum atomic E-state index is -0.918. The standard InChI is InChI=1S/C7H13N9O3/c8-4(6(9)13-16(18)19)2-1-3-5(17)10-7-11-14-15-12-7/h4H,1-3,8H2,(H2,9,13)(H2,10,11,12,14,15,17). The number of nitrogens with one attached hydrogen (secondary N) is 2. The molecule has 1 heterocycles. The van der Waals surface area contributed by atoms with Crippen LogP contribution in [-0.2, 0) is 4.79 Å². The van der Waals surface area contributed by atoms with Crippen molar-refractivity contribution in [3.8, 4) is 0 Å². The minimum absolute atomic E-state index is 0.142. The Morgan fingerprint density at radius 2 is 2.37 bits per heavy atom. The highest BCUT2D eigenvalue weighted by Gasteiger charge is 2.12. The van der Waals surface area contributed by atoms with Crippen LogP contribution in [0.15, 0.2) is 5.10 Å². The largest absolute Gasteiger partial charge is 0.381 e. The number of rotatable bonds is 7. The molecule has 1 unspecified atom stereocenters. The number of hydrazone groups is 1. The van der Waals surface area contributed by atoms with E-state index in [4.69, 9.17) is 11.5 Å². The van der Waals surface area contributed by atoms with E-state index in [0.717, 1.165) is 0 Å². The molecule has 0 radical (unpaired) electrons. The third-order valence-corrected chi connectivity index (χ3v) is 2.10. The van der Waals surface area contributed by atoms with Crippen LogP contribution in [0.3, 0.4) is 0 Å². The Kier molecular flexibility index (Phi) is 5.28. The molecule has 12 nitrogen and oxygen atoms in total. The van der Waals surface area contributed by atoms with Crippen molar-refractivity contribution in [1.29, 1.82) is 0 Å². The third kappa shape index (κ3) is 5.49. The van der Waals surface area contributed by atoms with Gasteiger partial charge in [0.25, 0.3) is 0 Å². The number of nitro groups is 1. The van der Waals surface area contributed by atoms with Crippen molar-refractivity contribution in [3.05, 3.63) is 10.1 Å². The number of H-pyrrole nitrogens is 1. The van der Waals surface area contributed by atoms with E-state index in [1.165, 1.54) is 0 Å². The van der Waals surface area contributed by atoms with Crippen LogP contribution >= 0.6 is 0 Å². The second-order valence-electron chi connectivity index (χ2n) is 3.56. The SMILES string of the molecule is NC(=N[N+](=O)[O-])C(N)CCCC(=O)Nc1nnn[nH]1. The number of aromatic nitrogens is 4. The summed E-state index contributed by atoms with van der Waals surface area (Å²) in [6.07, 6.45) is 0.841. The maximum Gasteiger partial charge on any atom is 0.246 e. The van der Waals surface area contributed by atoms with Crippen LogP contribution in [0.2, 0.25) is 0 Å². The first-order valence-corrected chi connectivity index (χ1v) is 5.26. The Hall–Kier alpha value is -2.63. The monoisotopic (exact) mass is 271 g/mol. The Bertz CT molecular complexity index is 456. The number of anilines is 1. The number of hydrogen-bond acceptors (Lipinski definition) is 7. The Balaban J connectivity index is 2.26. The molecular weight excluding hydrogens is 258 g/mol. The van der Waals surface area contributed by atoms with Crippen molar-refractivity contribution in [2.45, 2.75) is 25.3 Å². The summed E-state index contributed by atoms with van der Waals surface area (Å²) in [6.45, 7) is 0. The Labute approximate surface area is 106 Å². The van der Waals surface area contributed by atoms with Gasteiger partial charge in [-0.1, -0.05) is 5.10 Å². The van der Waals surface area contributed by atoms with Crippen LogP contribution in [0, 0.1) is 10.1 Å². The summed E-state index contributed by atoms with van der Waals surface area (Å²) in [7, 11) is 0. The number of amides is 1. The van der Waals surface area contributed by atoms with Crippen LogP contribution in [0.4, 0.5) is 5.95 Å². The molecule has 1 rings (SSSR count). The number of carbonyl (C=O) groups excluding carboxylic acids is 1. The maximum absolute atomic E-state index is 11.4. The summed E-state index contributed by atoms with van der Waals surface area (Å²) in [6, 6.07) is -0.759. The van der Waals surface area contributed by atoms with Gasteiger partial charge in [0.05, 0.1) is 11.1 Å². The molecule has 0 aliphatic rings. The number of nitrogens with zero attached hydrogens (tertiary/aromatic N) is 5. The summed E-state index contributed by atoms with van der Waals surface area (Å²) < 4.78 is 0. The molecule has 0 saturated heterocycles. The first-order chi connectivity index (χ1) is 8.99. The van der Waals surface area contributed by atoms with Crippen molar-refractivity contribution in [1.82, 2.24) is 20.6 Å². The van der Waals surface area contributed by atoms with E-state index in [1.807, 2.05) is 0 Å². The second-order valence-corrected chi connectivity index (χ2v) is 3.56. The normalized spacial score (nSPS) is 13.0. The summed E-state index contributed by atoms with van der Waals surface area (Å²) in [5, 5.41) is 26.9. The van der Waals surface area contributed by atoms with Gasteiger partial charge in [0, 0.05) is 6.42 Å². The van der Waals surface area contributed by atoms with Crippen molar-refractivity contribution in [3.63, 3.8) is 0 Å². The molecule has 19 heavy (non-hydrogen) atoms. The lowest BCUT2D eigenvalue weighted by Crippen LogP contribution is -2.37. The van der Waals surface area contributed by atoms with Gasteiger partial charge in [-0.25, -0.2) is 15.2 Å². The fraction of sp³-hybridized carbons (Fsp3) is 0.571. The van der Waals surface area contributed by atoms with E-state index >= 15 is 0 Å². The zero-order valence-corrected chi connectivity index (χ0v) is 9.81. The smallest absolute Gasteiger partial charge is 0.246 e. The number of amidine groups is 1. The lowest BCUT2D eigenvalue weighted by atomic mass is 10.1. The molecule has 0 aromatic carbocycles. The fourth-order valence-electron chi connectivity index (χ4n) is 1.21. The van der Waals surface area contributed by atoms with E-state index in [0.29, 0.717) is 12.8 Å². The molecule has 0 fully saturated rings. The fourth-order valence-corrected chi connectivity index (χ4v) is 1.21. The molecule has 0 aliphatic carbocycles. The van der Waals surface area contributed by atoms with Crippen molar-refractivity contribution < 1.29 is 9.83 Å². The molecule has 0 saturated carbocycles. The molecule has 6 N–H and O–H groups in total. The van der Waals surface area contributed by atoms with Gasteiger partial charge >= 0.3 is 0 Å². The van der Waals surface area contributed by atoms with Gasteiger partial charge < -0.3 is 11.5 Å². The molecule has 104 valence electrons. The highest BCUT2D eigenvalue weighted by molar-refractivity contribution is 5.89. The summed E-state index contributed by atoms with van der Waals surface area (Å²) >= 11 is 0. The van der Waals surface area contributed by atoms with Crippen molar-refractivity contribution in [2.24, 2.45) is 16.6 Å². The third-order valence-electron chi connectivity index (χ3n) is 2.10. The number of carbonyl (C=O) groups is 1. The lowest BCUT2D eigenvalue weighted by Gasteiger charge is -2.07. The summed E-state index contributed by atoms with van der Waals surface area (Å²) in [5.74, 6) is -0.441. The van der Waals surface area contributed by atoms with Crippen LogP contribution in [-0.4, -0.2) is 43.4 Å². The molecule has 0 aliphatic heterocycles. The topological polar surface area (TPSA) is 191 Å². The van der Waals surface area contributed by atoms with Crippen molar-refractivity contribution >= 4 is 17.7 Å². The van der Waals surface area contributed by atoms with E-state index in [1.54, 1.807) is 0 Å². The first kappa shape index (κ1) is 14.4. The quantitative estimate of drug-likeness (QED) is 0.193. The molecule has 1 aromatic heterocycles. The van der Waals surface area contributed by atoms with Gasteiger partial charge in [0.1, 0.15) is 0 Å². The van der Waals surface area contributed by atoms with Gasteiger partial charge in [-0.15, -0.1) is 0 Å². The maximum atomic E-state index is 11.4. The van der Waals surface area contributed by atoms with Crippen molar-refractivity contribution in [2.75, 3.05) is 5.32 Å². The highest BCUT2D eigenvalue weighted by Crippen LogP contribution is 2.02. The van der Waals surface area contributed by atoms with Crippen LogP contribution in [0.25, 0.3) is 0 Å².